The van der Waals surface area contributed by atoms with Crippen LogP contribution >= 0.6 is 11.8 Å². The van der Waals surface area contributed by atoms with Gasteiger partial charge >= 0.3 is 0 Å². The molecule has 1 amide bonds. The first-order chi connectivity index (χ1) is 17.5. The zero-order valence-corrected chi connectivity index (χ0v) is 20.5. The molecule has 0 aliphatic carbocycles. The monoisotopic (exact) mass is 505 g/mol. The molecule has 4 aromatic rings. The van der Waals surface area contributed by atoms with Gasteiger partial charge in [-0.1, -0.05) is 23.9 Å². The third kappa shape index (κ3) is 4.98. The van der Waals surface area contributed by atoms with Crippen molar-refractivity contribution < 1.29 is 18.7 Å². The van der Waals surface area contributed by atoms with Gasteiger partial charge in [0.25, 0.3) is 11.5 Å². The topological polar surface area (TPSA) is 73.7 Å². The number of thioether (sulfide) groups is 1. The predicted molar refractivity (Wildman–Crippen MR) is 137 cm³/mol. The normalized spacial score (nSPS) is 13.7. The third-order valence-electron chi connectivity index (χ3n) is 6.00. The summed E-state index contributed by atoms with van der Waals surface area (Å²) in [6.07, 6.45) is 0. The molecule has 7 nitrogen and oxygen atoms in total. The van der Waals surface area contributed by atoms with E-state index in [1.165, 1.54) is 23.9 Å². The van der Waals surface area contributed by atoms with Crippen LogP contribution in [0.15, 0.2) is 76.7 Å². The number of carbonyl (C=O) groups is 1. The highest BCUT2D eigenvalue weighted by molar-refractivity contribution is 7.98. The van der Waals surface area contributed by atoms with E-state index in [9.17, 15) is 14.0 Å². The van der Waals surface area contributed by atoms with Gasteiger partial charge in [-0.15, -0.1) is 0 Å². The number of benzene rings is 3. The summed E-state index contributed by atoms with van der Waals surface area (Å²) in [5.41, 5.74) is 2.23. The Morgan fingerprint density at radius 1 is 1.06 bits per heavy atom. The van der Waals surface area contributed by atoms with Gasteiger partial charge in [0.2, 0.25) is 0 Å². The Bertz CT molecular complexity index is 1450. The molecule has 5 rings (SSSR count). The average Bonchev–Trinajstić information content (AvgIpc) is 2.93. The van der Waals surface area contributed by atoms with Gasteiger partial charge in [-0.25, -0.2) is 9.37 Å². The van der Waals surface area contributed by atoms with Crippen LogP contribution < -0.4 is 10.3 Å². The number of ether oxygens (including phenoxy) is 2. The number of rotatable bonds is 6. The van der Waals surface area contributed by atoms with Crippen molar-refractivity contribution in [2.24, 2.45) is 0 Å². The molecule has 1 saturated heterocycles. The van der Waals surface area contributed by atoms with Crippen molar-refractivity contribution in [2.45, 2.75) is 10.9 Å². The Labute approximate surface area is 211 Å². The first kappa shape index (κ1) is 24.0. The lowest BCUT2D eigenvalue weighted by molar-refractivity contribution is 0.0303. The van der Waals surface area contributed by atoms with Crippen molar-refractivity contribution in [3.05, 3.63) is 94.0 Å². The molecule has 2 heterocycles. The minimum atomic E-state index is -0.305. The van der Waals surface area contributed by atoms with Crippen LogP contribution in [0.25, 0.3) is 16.6 Å². The molecular weight excluding hydrogens is 481 g/mol. The molecule has 184 valence electrons. The van der Waals surface area contributed by atoms with Crippen molar-refractivity contribution in [1.29, 1.82) is 0 Å². The molecule has 9 heteroatoms. The van der Waals surface area contributed by atoms with Crippen molar-refractivity contribution in [1.82, 2.24) is 14.5 Å². The van der Waals surface area contributed by atoms with E-state index in [2.05, 4.69) is 0 Å². The first-order valence-electron chi connectivity index (χ1n) is 11.5. The summed E-state index contributed by atoms with van der Waals surface area (Å²) in [6, 6.07) is 18.4. The van der Waals surface area contributed by atoms with Crippen molar-refractivity contribution in [2.75, 3.05) is 33.4 Å². The van der Waals surface area contributed by atoms with E-state index < -0.39 is 0 Å². The molecular formula is C27H24FN3O4S. The van der Waals surface area contributed by atoms with Gasteiger partial charge in [0.05, 0.1) is 36.9 Å². The molecule has 1 aliphatic rings. The minimum Gasteiger partial charge on any atom is -0.497 e. The fourth-order valence-electron chi connectivity index (χ4n) is 4.03. The van der Waals surface area contributed by atoms with Crippen molar-refractivity contribution in [3.63, 3.8) is 0 Å². The molecule has 0 saturated carbocycles. The molecule has 0 N–H and O–H groups in total. The number of hydrogen-bond donors (Lipinski definition) is 0. The number of fused-ring (bicyclic) bond motifs is 1. The molecule has 1 aromatic heterocycles. The number of halogens is 1. The molecule has 0 radical (unpaired) electrons. The lowest BCUT2D eigenvalue weighted by atomic mass is 10.1. The van der Waals surface area contributed by atoms with Gasteiger partial charge in [-0.2, -0.15) is 0 Å². The quantitative estimate of drug-likeness (QED) is 0.287. The second-order valence-corrected chi connectivity index (χ2v) is 9.23. The molecule has 1 fully saturated rings. The Kier molecular flexibility index (Phi) is 7.02. The van der Waals surface area contributed by atoms with E-state index >= 15 is 0 Å². The third-order valence-corrected chi connectivity index (χ3v) is 7.01. The summed E-state index contributed by atoms with van der Waals surface area (Å²) in [7, 11) is 1.58. The molecule has 0 atom stereocenters. The molecule has 1 aliphatic heterocycles. The number of hydrogen-bond acceptors (Lipinski definition) is 6. The highest BCUT2D eigenvalue weighted by atomic mass is 32.2. The van der Waals surface area contributed by atoms with Gasteiger partial charge in [-0.05, 0) is 60.2 Å². The largest absolute Gasteiger partial charge is 0.497 e. The van der Waals surface area contributed by atoms with Gasteiger partial charge < -0.3 is 14.4 Å². The molecule has 36 heavy (non-hydrogen) atoms. The first-order valence-corrected chi connectivity index (χ1v) is 12.5. The number of amides is 1. The Morgan fingerprint density at radius 2 is 1.78 bits per heavy atom. The van der Waals surface area contributed by atoms with Crippen LogP contribution in [0.5, 0.6) is 5.75 Å². The fraction of sp³-hybridized carbons (Fsp3) is 0.222. The number of morpholine rings is 1. The number of methoxy groups -OCH3 is 1. The standard InChI is InChI=1S/C27H24FN3O4S/c1-34-22-9-7-21(8-10-22)31-26(33)23-11-4-19(25(32)30-12-14-35-15-13-30)16-24(23)29-27(31)36-17-18-2-5-20(28)6-3-18/h2-11,16H,12-15,17H2,1H3. The molecule has 0 spiro atoms. The Hall–Kier alpha value is -3.69. The van der Waals surface area contributed by atoms with E-state index in [-0.39, 0.29) is 17.3 Å². The summed E-state index contributed by atoms with van der Waals surface area (Å²) in [5.74, 6) is 0.746. The molecule has 3 aromatic carbocycles. The highest BCUT2D eigenvalue weighted by Crippen LogP contribution is 2.26. The van der Waals surface area contributed by atoms with E-state index in [1.807, 2.05) is 0 Å². The van der Waals surface area contributed by atoms with Crippen LogP contribution in [0.4, 0.5) is 4.39 Å². The number of nitrogens with zero attached hydrogens (tertiary/aromatic N) is 3. The van der Waals surface area contributed by atoms with Gasteiger partial charge in [-0.3, -0.25) is 14.2 Å². The van der Waals surface area contributed by atoms with Crippen molar-refractivity contribution >= 4 is 28.6 Å². The van der Waals surface area contributed by atoms with Crippen LogP contribution in [-0.2, 0) is 10.5 Å². The maximum Gasteiger partial charge on any atom is 0.266 e. The molecule has 0 bridgehead atoms. The summed E-state index contributed by atoms with van der Waals surface area (Å²) >= 11 is 1.37. The fourth-order valence-corrected chi connectivity index (χ4v) is 5.00. The van der Waals surface area contributed by atoms with Crippen LogP contribution in [0.3, 0.4) is 0 Å². The van der Waals surface area contributed by atoms with E-state index in [1.54, 1.807) is 71.2 Å². The van der Waals surface area contributed by atoms with Crippen LogP contribution in [0.2, 0.25) is 0 Å². The Morgan fingerprint density at radius 3 is 2.47 bits per heavy atom. The number of aromatic nitrogens is 2. The Balaban J connectivity index is 1.57. The summed E-state index contributed by atoms with van der Waals surface area (Å²) < 4.78 is 25.5. The zero-order chi connectivity index (χ0) is 25.1. The zero-order valence-electron chi connectivity index (χ0n) is 19.6. The van der Waals surface area contributed by atoms with Gasteiger partial charge in [0.1, 0.15) is 11.6 Å². The van der Waals surface area contributed by atoms with Crippen LogP contribution in [-0.4, -0.2) is 53.8 Å². The molecule has 0 unspecified atom stereocenters. The maximum atomic E-state index is 13.7. The summed E-state index contributed by atoms with van der Waals surface area (Å²) in [5, 5.41) is 0.883. The van der Waals surface area contributed by atoms with E-state index in [0.717, 1.165) is 5.56 Å². The second kappa shape index (κ2) is 10.5. The van der Waals surface area contributed by atoms with Crippen molar-refractivity contribution in [3.8, 4) is 11.4 Å². The predicted octanol–water partition coefficient (Wildman–Crippen LogP) is 4.30. The smallest absolute Gasteiger partial charge is 0.266 e. The average molecular weight is 506 g/mol. The van der Waals surface area contributed by atoms with E-state index in [0.29, 0.717) is 65.1 Å². The van der Waals surface area contributed by atoms with Crippen LogP contribution in [0, 0.1) is 5.82 Å². The van der Waals surface area contributed by atoms with Gasteiger partial charge in [0, 0.05) is 24.4 Å². The minimum absolute atomic E-state index is 0.109. The maximum absolute atomic E-state index is 13.7. The summed E-state index contributed by atoms with van der Waals surface area (Å²) in [4.78, 5) is 33.2. The summed E-state index contributed by atoms with van der Waals surface area (Å²) in [6.45, 7) is 2.08. The lowest BCUT2D eigenvalue weighted by Gasteiger charge is -2.26. The van der Waals surface area contributed by atoms with Gasteiger partial charge in [0.15, 0.2) is 5.16 Å². The van der Waals surface area contributed by atoms with Crippen LogP contribution in [0.1, 0.15) is 15.9 Å². The highest BCUT2D eigenvalue weighted by Gasteiger charge is 2.20. The van der Waals surface area contributed by atoms with E-state index in [4.69, 9.17) is 14.5 Å². The SMILES string of the molecule is COc1ccc(-n2c(SCc3ccc(F)cc3)nc3cc(C(=O)N4CCOCC4)ccc3c2=O)cc1. The second-order valence-electron chi connectivity index (χ2n) is 8.28. The lowest BCUT2D eigenvalue weighted by Crippen LogP contribution is -2.40. The number of carbonyl (C=O) groups excluding carboxylic acids is 1.